The average molecular weight is 565 g/mol. The summed E-state index contributed by atoms with van der Waals surface area (Å²) < 4.78 is 9.86. The van der Waals surface area contributed by atoms with Gasteiger partial charge >= 0.3 is 12.1 Å². The Kier molecular flexibility index (Phi) is 14.5. The normalized spacial score (nSPS) is 12.5. The minimum Gasteiger partial charge on any atom is -0.508 e. The van der Waals surface area contributed by atoms with Crippen molar-refractivity contribution < 1.29 is 38.6 Å². The molecule has 0 saturated carbocycles. The molecule has 0 aliphatic rings. The smallest absolute Gasteiger partial charge is 0.408 e. The highest BCUT2D eigenvalue weighted by molar-refractivity contribution is 5.95. The second-order valence-corrected chi connectivity index (χ2v) is 10.4. The van der Waals surface area contributed by atoms with Crippen molar-refractivity contribution in [1.29, 1.82) is 0 Å². The fourth-order valence-electron chi connectivity index (χ4n) is 3.98. The number of ether oxygens (including phenoxy) is 2. The number of aromatic hydroxyl groups is 1. The second kappa shape index (κ2) is 17.0. The Morgan fingerprint density at radius 1 is 1.02 bits per heavy atom. The Morgan fingerprint density at radius 2 is 1.65 bits per heavy atom. The minimum atomic E-state index is -1.45. The molecule has 12 heteroatoms. The lowest BCUT2D eigenvalue weighted by molar-refractivity contribution is -0.145. The largest absolute Gasteiger partial charge is 0.508 e. The van der Waals surface area contributed by atoms with E-state index in [2.05, 4.69) is 22.3 Å². The quantitative estimate of drug-likeness (QED) is 0.175. The molecule has 0 aromatic heterocycles. The Labute approximate surface area is 235 Å². The number of amides is 4. The fraction of sp³-hybridized carbons (Fsp3) is 0.607. The summed E-state index contributed by atoms with van der Waals surface area (Å²) in [6.07, 6.45) is 3.80. The van der Waals surface area contributed by atoms with Gasteiger partial charge in [-0.25, -0.2) is 4.79 Å². The second-order valence-electron chi connectivity index (χ2n) is 10.4. The summed E-state index contributed by atoms with van der Waals surface area (Å²) in [5.74, 6) is -3.37. The van der Waals surface area contributed by atoms with Crippen molar-refractivity contribution in [3.8, 4) is 5.75 Å². The van der Waals surface area contributed by atoms with E-state index < -0.39 is 60.4 Å². The summed E-state index contributed by atoms with van der Waals surface area (Å²) >= 11 is 0. The van der Waals surface area contributed by atoms with E-state index in [0.29, 0.717) is 6.42 Å². The van der Waals surface area contributed by atoms with Crippen LogP contribution < -0.4 is 16.4 Å². The predicted octanol–water partition coefficient (Wildman–Crippen LogP) is 2.68. The number of carbonyl (C=O) groups is 5. The van der Waals surface area contributed by atoms with Gasteiger partial charge in [-0.15, -0.1) is 0 Å². The van der Waals surface area contributed by atoms with E-state index in [1.165, 1.54) is 24.1 Å². The van der Waals surface area contributed by atoms with E-state index in [-0.39, 0.29) is 17.9 Å². The number of nitrogens with one attached hydrogen (secondary N) is 2. The molecular weight excluding hydrogens is 520 g/mol. The Bertz CT molecular complexity index is 1010. The number of methoxy groups -OCH3 is 1. The van der Waals surface area contributed by atoms with E-state index in [4.69, 9.17) is 10.5 Å². The summed E-state index contributed by atoms with van der Waals surface area (Å²) in [5.41, 5.74) is 4.61. The summed E-state index contributed by atoms with van der Waals surface area (Å²) in [7, 11) is 1.17. The number of hydrogen-bond donors (Lipinski definition) is 4. The zero-order valence-electron chi connectivity index (χ0n) is 24.2. The van der Waals surface area contributed by atoms with Crippen LogP contribution in [0.5, 0.6) is 5.75 Å². The number of hydrogen-bond acceptors (Lipinski definition) is 8. The van der Waals surface area contributed by atoms with E-state index in [0.717, 1.165) is 32.1 Å². The van der Waals surface area contributed by atoms with Gasteiger partial charge in [0.25, 0.3) is 0 Å². The maximum absolute atomic E-state index is 14.0. The molecule has 1 rings (SSSR count). The minimum absolute atomic E-state index is 0.0564. The monoisotopic (exact) mass is 564 g/mol. The third kappa shape index (κ3) is 12.4. The van der Waals surface area contributed by atoms with Gasteiger partial charge < -0.3 is 35.8 Å². The number of phenols is 1. The number of nitrogens with two attached hydrogens (primary N) is 1. The third-order valence-electron chi connectivity index (χ3n) is 5.86. The van der Waals surface area contributed by atoms with Crippen LogP contribution in [0.2, 0.25) is 0 Å². The van der Waals surface area contributed by atoms with Crippen LogP contribution in [-0.4, -0.2) is 71.6 Å². The van der Waals surface area contributed by atoms with Gasteiger partial charge in [0.05, 0.1) is 13.5 Å². The summed E-state index contributed by atoms with van der Waals surface area (Å²) in [6, 6.07) is 3.14. The first-order valence-corrected chi connectivity index (χ1v) is 13.5. The number of benzene rings is 1. The van der Waals surface area contributed by atoms with E-state index in [1.807, 2.05) is 0 Å². The van der Waals surface area contributed by atoms with Crippen LogP contribution in [0.1, 0.15) is 84.2 Å². The van der Waals surface area contributed by atoms with Gasteiger partial charge in [0.1, 0.15) is 30.0 Å². The maximum Gasteiger partial charge on any atom is 0.408 e. The lowest BCUT2D eigenvalue weighted by Crippen LogP contribution is -2.54. The van der Waals surface area contributed by atoms with Crippen molar-refractivity contribution >= 4 is 29.8 Å². The molecule has 2 atom stereocenters. The zero-order valence-corrected chi connectivity index (χ0v) is 24.2. The highest BCUT2D eigenvalue weighted by atomic mass is 16.6. The number of nitrogens with zero attached hydrogens (tertiary/aromatic N) is 1. The molecule has 0 aliphatic carbocycles. The van der Waals surface area contributed by atoms with Gasteiger partial charge in [-0.05, 0) is 33.3 Å². The first-order chi connectivity index (χ1) is 18.8. The number of unbranched alkanes of at least 4 members (excludes halogenated alkanes) is 5. The van der Waals surface area contributed by atoms with E-state index in [9.17, 15) is 29.1 Å². The average Bonchev–Trinajstić information content (AvgIpc) is 2.87. The molecule has 1 aromatic rings. The highest BCUT2D eigenvalue weighted by Gasteiger charge is 2.38. The molecule has 12 nitrogen and oxygen atoms in total. The van der Waals surface area contributed by atoms with Crippen molar-refractivity contribution in [3.05, 3.63) is 29.8 Å². The molecule has 0 fully saturated rings. The molecule has 0 aliphatic heterocycles. The van der Waals surface area contributed by atoms with Gasteiger partial charge in [-0.1, -0.05) is 57.2 Å². The molecule has 0 heterocycles. The van der Waals surface area contributed by atoms with Crippen molar-refractivity contribution in [3.63, 3.8) is 0 Å². The fourth-order valence-corrected chi connectivity index (χ4v) is 3.98. The Balaban J connectivity index is 3.47. The molecule has 4 amide bonds. The van der Waals surface area contributed by atoms with Crippen LogP contribution in [-0.2, 0) is 28.7 Å². The van der Waals surface area contributed by atoms with Crippen molar-refractivity contribution in [2.45, 2.75) is 90.3 Å². The predicted molar refractivity (Wildman–Crippen MR) is 148 cm³/mol. The lowest BCUT2D eigenvalue weighted by atomic mass is 10.00. The van der Waals surface area contributed by atoms with Gasteiger partial charge in [0.15, 0.2) is 0 Å². The summed E-state index contributed by atoms with van der Waals surface area (Å²) in [4.78, 5) is 64.8. The van der Waals surface area contributed by atoms with Crippen molar-refractivity contribution in [1.82, 2.24) is 15.5 Å². The number of carbonyl (C=O) groups excluding carboxylic acids is 5. The van der Waals surface area contributed by atoms with E-state index >= 15 is 0 Å². The number of para-hydroxylation sites is 1. The molecule has 0 saturated heterocycles. The number of rotatable bonds is 16. The standard InChI is InChI=1S/C28H44N4O8/c1-6-7-8-9-10-13-16-32(26(37)20(17-22(29)34)31-27(38)40-28(2,3)4)24(19-14-11-12-15-21(19)33)25(36)30-18-23(35)39-5/h11-12,14-15,20,24,33H,6-10,13,16-18H2,1-5H3,(H2,29,34)(H,30,36)(H,31,38). The molecule has 0 radical (unpaired) electrons. The molecule has 5 N–H and O–H groups in total. The van der Waals surface area contributed by atoms with Crippen LogP contribution in [0.3, 0.4) is 0 Å². The van der Waals surface area contributed by atoms with Crippen LogP contribution >= 0.6 is 0 Å². The first-order valence-electron chi connectivity index (χ1n) is 13.5. The SMILES string of the molecule is CCCCCCCCN(C(=O)C(CC(N)=O)NC(=O)OC(C)(C)C)C(C(=O)NCC(=O)OC)c1ccccc1O. The Hall–Kier alpha value is -3.83. The molecule has 1 aromatic carbocycles. The highest BCUT2D eigenvalue weighted by Crippen LogP contribution is 2.30. The molecule has 0 bridgehead atoms. The number of alkyl carbamates (subject to hydrolysis) is 1. The lowest BCUT2D eigenvalue weighted by Gasteiger charge is -2.34. The van der Waals surface area contributed by atoms with Crippen LogP contribution in [0.4, 0.5) is 4.79 Å². The molecule has 224 valence electrons. The summed E-state index contributed by atoms with van der Waals surface area (Å²) in [6.45, 7) is 6.60. The maximum atomic E-state index is 14.0. The van der Waals surface area contributed by atoms with Gasteiger partial charge in [0.2, 0.25) is 17.7 Å². The zero-order chi connectivity index (χ0) is 30.3. The first kappa shape index (κ1) is 34.2. The number of primary amides is 1. The Morgan fingerprint density at radius 3 is 2.23 bits per heavy atom. The van der Waals surface area contributed by atoms with Gasteiger partial charge in [-0.2, -0.15) is 0 Å². The van der Waals surface area contributed by atoms with Crippen LogP contribution in [0, 0.1) is 0 Å². The summed E-state index contributed by atoms with van der Waals surface area (Å²) in [5, 5.41) is 15.5. The molecular formula is C28H44N4O8. The number of phenolic OH excluding ortho intramolecular Hbond substituents is 1. The van der Waals surface area contributed by atoms with Crippen molar-refractivity contribution in [2.24, 2.45) is 5.73 Å². The van der Waals surface area contributed by atoms with Gasteiger partial charge in [-0.3, -0.25) is 19.2 Å². The van der Waals surface area contributed by atoms with Crippen LogP contribution in [0.25, 0.3) is 0 Å². The van der Waals surface area contributed by atoms with E-state index in [1.54, 1.807) is 32.9 Å². The third-order valence-corrected chi connectivity index (χ3v) is 5.86. The molecule has 40 heavy (non-hydrogen) atoms. The van der Waals surface area contributed by atoms with Gasteiger partial charge in [0, 0.05) is 12.1 Å². The molecule has 0 spiro atoms. The van der Waals surface area contributed by atoms with Crippen LogP contribution in [0.15, 0.2) is 24.3 Å². The van der Waals surface area contributed by atoms with Crippen molar-refractivity contribution in [2.75, 3.05) is 20.2 Å². The topological polar surface area (TPSA) is 177 Å². The molecule has 2 unspecified atom stereocenters. The number of esters is 1.